The van der Waals surface area contributed by atoms with Gasteiger partial charge in [-0.15, -0.1) is 0 Å². The molecule has 0 radical (unpaired) electrons. The van der Waals surface area contributed by atoms with Crippen molar-refractivity contribution in [2.75, 3.05) is 13.2 Å². The molecule has 0 aromatic heterocycles. The molecule has 2 aliphatic heterocycles. The summed E-state index contributed by atoms with van der Waals surface area (Å²) in [6.45, 7) is 0.834. The lowest BCUT2D eigenvalue weighted by atomic mass is 9.98. The summed E-state index contributed by atoms with van der Waals surface area (Å²) in [6, 6.07) is 3.52. The molecule has 0 amide bonds. The van der Waals surface area contributed by atoms with E-state index in [0.29, 0.717) is 18.6 Å². The molecule has 0 aliphatic carbocycles. The minimum absolute atomic E-state index is 0.0442. The monoisotopic (exact) mass is 361 g/mol. The van der Waals surface area contributed by atoms with E-state index in [4.69, 9.17) is 4.74 Å². The zero-order valence-corrected chi connectivity index (χ0v) is 13.7. The molecule has 1 aromatic rings. The van der Waals surface area contributed by atoms with Crippen molar-refractivity contribution >= 4 is 10.0 Å². The number of sulfonamides is 1. The Morgan fingerprint density at radius 3 is 2.71 bits per heavy atom. The van der Waals surface area contributed by atoms with Crippen molar-refractivity contribution < 1.29 is 26.3 Å². The summed E-state index contributed by atoms with van der Waals surface area (Å²) in [5.41, 5.74) is 0.415. The Morgan fingerprint density at radius 1 is 1.25 bits per heavy atom. The SMILES string of the molecule is O=S(=O)(C=C[C@H]1CCCO1)N1CCc2ccc(C(F)(F)F)cc2C1. The van der Waals surface area contributed by atoms with Gasteiger partial charge in [0.2, 0.25) is 10.0 Å². The van der Waals surface area contributed by atoms with Gasteiger partial charge in [0.25, 0.3) is 0 Å². The van der Waals surface area contributed by atoms with E-state index >= 15 is 0 Å². The van der Waals surface area contributed by atoms with Crippen LogP contribution in [0.2, 0.25) is 0 Å². The summed E-state index contributed by atoms with van der Waals surface area (Å²) in [7, 11) is -3.67. The average molecular weight is 361 g/mol. The van der Waals surface area contributed by atoms with Gasteiger partial charge >= 0.3 is 6.18 Å². The summed E-state index contributed by atoms with van der Waals surface area (Å²) < 4.78 is 69.8. The quantitative estimate of drug-likeness (QED) is 0.831. The molecule has 1 atom stereocenters. The zero-order valence-electron chi connectivity index (χ0n) is 12.9. The Balaban J connectivity index is 1.78. The molecule has 2 heterocycles. The molecule has 0 spiro atoms. The second-order valence-electron chi connectivity index (χ2n) is 5.99. The smallest absolute Gasteiger partial charge is 0.374 e. The van der Waals surface area contributed by atoms with Crippen LogP contribution in [0.5, 0.6) is 0 Å². The van der Waals surface area contributed by atoms with Crippen molar-refractivity contribution in [1.82, 2.24) is 4.31 Å². The van der Waals surface area contributed by atoms with Gasteiger partial charge in [-0.25, -0.2) is 8.42 Å². The predicted molar refractivity (Wildman–Crippen MR) is 82.6 cm³/mol. The minimum atomic E-state index is -4.43. The molecular weight excluding hydrogens is 343 g/mol. The summed E-state index contributed by atoms with van der Waals surface area (Å²) in [5.74, 6) is 0. The third-order valence-corrected chi connectivity index (χ3v) is 5.83. The van der Waals surface area contributed by atoms with Crippen LogP contribution in [0.25, 0.3) is 0 Å². The maximum atomic E-state index is 12.8. The van der Waals surface area contributed by atoms with E-state index in [1.165, 1.54) is 16.4 Å². The molecule has 2 aliphatic rings. The molecule has 3 rings (SSSR count). The summed E-state index contributed by atoms with van der Waals surface area (Å²) in [6.07, 6.45) is -1.04. The van der Waals surface area contributed by atoms with Gasteiger partial charge in [0.05, 0.1) is 11.7 Å². The van der Waals surface area contributed by atoms with E-state index in [0.717, 1.165) is 35.9 Å². The molecule has 1 aromatic carbocycles. The van der Waals surface area contributed by atoms with Crippen LogP contribution in [0.3, 0.4) is 0 Å². The Hall–Kier alpha value is -1.38. The van der Waals surface area contributed by atoms with Crippen molar-refractivity contribution in [3.8, 4) is 0 Å². The third-order valence-electron chi connectivity index (χ3n) is 4.30. The van der Waals surface area contributed by atoms with Crippen LogP contribution in [-0.4, -0.2) is 32.0 Å². The van der Waals surface area contributed by atoms with E-state index in [1.54, 1.807) is 0 Å². The Bertz CT molecular complexity index is 737. The maximum Gasteiger partial charge on any atom is 0.416 e. The van der Waals surface area contributed by atoms with Gasteiger partial charge in [-0.05, 0) is 48.6 Å². The fraction of sp³-hybridized carbons (Fsp3) is 0.500. The van der Waals surface area contributed by atoms with E-state index in [2.05, 4.69) is 0 Å². The molecule has 8 heteroatoms. The van der Waals surface area contributed by atoms with Gasteiger partial charge in [-0.1, -0.05) is 6.07 Å². The number of rotatable bonds is 3. The highest BCUT2D eigenvalue weighted by Gasteiger charge is 2.32. The lowest BCUT2D eigenvalue weighted by Crippen LogP contribution is -2.35. The van der Waals surface area contributed by atoms with Crippen molar-refractivity contribution in [3.63, 3.8) is 0 Å². The molecule has 132 valence electrons. The molecule has 24 heavy (non-hydrogen) atoms. The number of fused-ring (bicyclic) bond motifs is 1. The zero-order chi connectivity index (χ0) is 17.4. The number of halogens is 3. The third kappa shape index (κ3) is 3.81. The first-order valence-corrected chi connectivity index (χ1v) is 9.25. The summed E-state index contributed by atoms with van der Waals surface area (Å²) in [4.78, 5) is 0. The Kier molecular flexibility index (Phi) is 4.72. The van der Waals surface area contributed by atoms with Crippen LogP contribution in [0, 0.1) is 0 Å². The van der Waals surface area contributed by atoms with Gasteiger partial charge in [-0.2, -0.15) is 17.5 Å². The lowest BCUT2D eigenvalue weighted by molar-refractivity contribution is -0.137. The summed E-state index contributed by atoms with van der Waals surface area (Å²) in [5, 5.41) is 1.11. The first-order chi connectivity index (χ1) is 11.3. The number of hydrogen-bond donors (Lipinski definition) is 0. The van der Waals surface area contributed by atoms with Gasteiger partial charge in [0.1, 0.15) is 0 Å². The fourth-order valence-corrected chi connectivity index (χ4v) is 4.16. The predicted octanol–water partition coefficient (Wildman–Crippen LogP) is 3.09. The second-order valence-corrected chi connectivity index (χ2v) is 7.81. The van der Waals surface area contributed by atoms with Crippen molar-refractivity contribution in [1.29, 1.82) is 0 Å². The van der Waals surface area contributed by atoms with Gasteiger partial charge in [0, 0.05) is 25.1 Å². The molecular formula is C16H18F3NO3S. The molecule has 0 unspecified atom stereocenters. The number of nitrogens with zero attached hydrogens (tertiary/aromatic N) is 1. The normalized spacial score (nSPS) is 22.9. The van der Waals surface area contributed by atoms with Crippen LogP contribution in [0.4, 0.5) is 13.2 Å². The van der Waals surface area contributed by atoms with E-state index in [1.807, 2.05) is 0 Å². The number of hydrogen-bond acceptors (Lipinski definition) is 3. The number of benzene rings is 1. The first kappa shape index (κ1) is 17.4. The van der Waals surface area contributed by atoms with Gasteiger partial charge < -0.3 is 4.74 Å². The average Bonchev–Trinajstić information content (AvgIpc) is 3.04. The number of alkyl halides is 3. The maximum absolute atomic E-state index is 12.8. The highest BCUT2D eigenvalue weighted by atomic mass is 32.2. The van der Waals surface area contributed by atoms with Crippen LogP contribution < -0.4 is 0 Å². The topological polar surface area (TPSA) is 46.6 Å². The van der Waals surface area contributed by atoms with E-state index in [-0.39, 0.29) is 19.2 Å². The Labute approximate surface area is 139 Å². The largest absolute Gasteiger partial charge is 0.416 e. The standard InChI is InChI=1S/C16H18F3NO3S/c17-16(18,19)14-4-3-12-5-7-20(11-13(12)10-14)24(21,22)9-6-15-2-1-8-23-15/h3-4,6,9-10,15H,1-2,5,7-8,11H2/t15-/m1/s1. The highest BCUT2D eigenvalue weighted by Crippen LogP contribution is 2.32. The highest BCUT2D eigenvalue weighted by molar-refractivity contribution is 7.92. The van der Waals surface area contributed by atoms with Crippen molar-refractivity contribution in [2.45, 2.75) is 38.1 Å². The Morgan fingerprint density at radius 2 is 2.04 bits per heavy atom. The van der Waals surface area contributed by atoms with Crippen molar-refractivity contribution in [3.05, 3.63) is 46.4 Å². The molecule has 1 saturated heterocycles. The molecule has 0 saturated carbocycles. The molecule has 4 nitrogen and oxygen atoms in total. The van der Waals surface area contributed by atoms with E-state index < -0.39 is 21.8 Å². The van der Waals surface area contributed by atoms with Crippen LogP contribution in [0.1, 0.15) is 29.5 Å². The van der Waals surface area contributed by atoms with Crippen LogP contribution in [-0.2, 0) is 33.9 Å². The fourth-order valence-electron chi connectivity index (χ4n) is 2.95. The lowest BCUT2D eigenvalue weighted by Gasteiger charge is -2.27. The molecule has 0 bridgehead atoms. The van der Waals surface area contributed by atoms with E-state index in [9.17, 15) is 21.6 Å². The molecule has 1 fully saturated rings. The van der Waals surface area contributed by atoms with Gasteiger partial charge in [0.15, 0.2) is 0 Å². The number of ether oxygens (including phenoxy) is 1. The van der Waals surface area contributed by atoms with Crippen molar-refractivity contribution in [2.24, 2.45) is 0 Å². The first-order valence-electron chi connectivity index (χ1n) is 7.75. The summed E-state index contributed by atoms with van der Waals surface area (Å²) >= 11 is 0. The second kappa shape index (κ2) is 6.50. The van der Waals surface area contributed by atoms with Gasteiger partial charge in [-0.3, -0.25) is 0 Å². The minimum Gasteiger partial charge on any atom is -0.374 e. The van der Waals surface area contributed by atoms with Crippen LogP contribution in [0.15, 0.2) is 29.7 Å². The molecule has 0 N–H and O–H groups in total. The van der Waals surface area contributed by atoms with Crippen LogP contribution >= 0.6 is 0 Å².